The van der Waals surface area contributed by atoms with Crippen LogP contribution in [0.5, 0.6) is 0 Å². The van der Waals surface area contributed by atoms with Crippen LogP contribution in [-0.2, 0) is 4.79 Å². The van der Waals surface area contributed by atoms with Gasteiger partial charge in [-0.15, -0.1) is 0 Å². The van der Waals surface area contributed by atoms with E-state index in [9.17, 15) is 9.59 Å². The van der Waals surface area contributed by atoms with Gasteiger partial charge in [-0.2, -0.15) is 0 Å². The van der Waals surface area contributed by atoms with E-state index in [1.807, 2.05) is 54.3 Å². The lowest BCUT2D eigenvalue weighted by molar-refractivity contribution is -0.142. The minimum atomic E-state index is -0.0418. The fourth-order valence-corrected chi connectivity index (χ4v) is 5.29. The molecular formula is C26H30N2O2. The van der Waals surface area contributed by atoms with Crippen molar-refractivity contribution < 1.29 is 9.59 Å². The summed E-state index contributed by atoms with van der Waals surface area (Å²) in [4.78, 5) is 30.4. The lowest BCUT2D eigenvalue weighted by Gasteiger charge is -2.50. The second kappa shape index (κ2) is 7.57. The molecule has 2 aromatic carbocycles. The van der Waals surface area contributed by atoms with Crippen molar-refractivity contribution in [2.75, 3.05) is 19.6 Å². The summed E-state index contributed by atoms with van der Waals surface area (Å²) in [7, 11) is 0. The predicted molar refractivity (Wildman–Crippen MR) is 117 cm³/mol. The zero-order valence-corrected chi connectivity index (χ0v) is 17.7. The Morgan fingerprint density at radius 1 is 0.967 bits per heavy atom. The van der Waals surface area contributed by atoms with Crippen molar-refractivity contribution in [1.29, 1.82) is 0 Å². The standard InChI is InChI=1S/C26H30N2O2/c1-19-7-9-21(10-8-19)24(29)27-15-13-26(14-16-27)17-23(20-5-3-2-4-6-20)25(30)28(18-26)22-11-12-22/h2-10,22-23H,11-18H2,1H3/t23-/m1/s1. The van der Waals surface area contributed by atoms with Gasteiger partial charge in [0.15, 0.2) is 0 Å². The molecule has 0 bridgehead atoms. The van der Waals surface area contributed by atoms with Gasteiger partial charge in [-0.05, 0) is 62.1 Å². The van der Waals surface area contributed by atoms with Crippen LogP contribution in [0, 0.1) is 12.3 Å². The number of nitrogens with zero attached hydrogens (tertiary/aromatic N) is 2. The fourth-order valence-electron chi connectivity index (χ4n) is 5.29. The molecule has 0 aromatic heterocycles. The van der Waals surface area contributed by atoms with Gasteiger partial charge < -0.3 is 9.80 Å². The number of amides is 2. The third-order valence-corrected chi connectivity index (χ3v) is 7.32. The highest BCUT2D eigenvalue weighted by Crippen LogP contribution is 2.48. The number of hydrogen-bond acceptors (Lipinski definition) is 2. The lowest BCUT2D eigenvalue weighted by atomic mass is 9.67. The number of carbonyl (C=O) groups excluding carboxylic acids is 2. The van der Waals surface area contributed by atoms with Gasteiger partial charge in [0.2, 0.25) is 5.91 Å². The van der Waals surface area contributed by atoms with Crippen LogP contribution in [0.25, 0.3) is 0 Å². The number of likely N-dealkylation sites (tertiary alicyclic amines) is 2. The minimum Gasteiger partial charge on any atom is -0.339 e. The molecular weight excluding hydrogens is 372 g/mol. The van der Waals surface area contributed by atoms with Crippen LogP contribution in [0.3, 0.4) is 0 Å². The summed E-state index contributed by atoms with van der Waals surface area (Å²) in [6.07, 6.45) is 5.14. The van der Waals surface area contributed by atoms with Gasteiger partial charge in [0.05, 0.1) is 5.92 Å². The monoisotopic (exact) mass is 402 g/mol. The summed E-state index contributed by atoms with van der Waals surface area (Å²) in [6.45, 7) is 4.46. The number of aryl methyl sites for hydroxylation is 1. The van der Waals surface area contributed by atoms with Crippen LogP contribution in [0.2, 0.25) is 0 Å². The largest absolute Gasteiger partial charge is 0.339 e. The van der Waals surface area contributed by atoms with Crippen LogP contribution < -0.4 is 0 Å². The molecule has 0 unspecified atom stereocenters. The Balaban J connectivity index is 1.33. The normalized spacial score (nSPS) is 23.6. The maximum atomic E-state index is 13.3. The third kappa shape index (κ3) is 3.64. The molecule has 2 amide bonds. The van der Waals surface area contributed by atoms with Crippen molar-refractivity contribution in [2.45, 2.75) is 51.0 Å². The van der Waals surface area contributed by atoms with Crippen LogP contribution in [0.15, 0.2) is 54.6 Å². The van der Waals surface area contributed by atoms with E-state index in [4.69, 9.17) is 0 Å². The molecule has 3 aliphatic rings. The smallest absolute Gasteiger partial charge is 0.253 e. The number of hydrogen-bond donors (Lipinski definition) is 0. The molecule has 4 nitrogen and oxygen atoms in total. The van der Waals surface area contributed by atoms with Crippen molar-refractivity contribution in [3.05, 3.63) is 71.3 Å². The molecule has 1 saturated carbocycles. The first-order valence-corrected chi connectivity index (χ1v) is 11.3. The topological polar surface area (TPSA) is 40.6 Å². The maximum absolute atomic E-state index is 13.3. The van der Waals surface area contributed by atoms with E-state index in [2.05, 4.69) is 17.0 Å². The molecule has 156 valence electrons. The summed E-state index contributed by atoms with van der Waals surface area (Å²) >= 11 is 0. The molecule has 2 saturated heterocycles. The van der Waals surface area contributed by atoms with Crippen molar-refractivity contribution in [3.8, 4) is 0 Å². The molecule has 5 rings (SSSR count). The van der Waals surface area contributed by atoms with E-state index in [0.29, 0.717) is 11.9 Å². The molecule has 4 heteroatoms. The number of rotatable bonds is 3. The number of piperidine rings is 2. The van der Waals surface area contributed by atoms with Crippen LogP contribution >= 0.6 is 0 Å². The van der Waals surface area contributed by atoms with E-state index >= 15 is 0 Å². The summed E-state index contributed by atoms with van der Waals surface area (Å²) in [5, 5.41) is 0. The molecule has 0 radical (unpaired) electrons. The highest BCUT2D eigenvalue weighted by Gasteiger charge is 2.49. The molecule has 3 fully saturated rings. The first kappa shape index (κ1) is 19.3. The van der Waals surface area contributed by atoms with E-state index < -0.39 is 0 Å². The van der Waals surface area contributed by atoms with E-state index in [1.54, 1.807) is 0 Å². The Kier molecular flexibility index (Phi) is 4.88. The minimum absolute atomic E-state index is 0.0418. The molecule has 1 spiro atoms. The molecule has 2 aliphatic heterocycles. The lowest BCUT2D eigenvalue weighted by Crippen LogP contribution is -2.55. The predicted octanol–water partition coefficient (Wildman–Crippen LogP) is 4.40. The molecule has 0 N–H and O–H groups in total. The van der Waals surface area contributed by atoms with Crippen molar-refractivity contribution in [1.82, 2.24) is 9.80 Å². The van der Waals surface area contributed by atoms with E-state index in [1.165, 1.54) is 5.56 Å². The highest BCUT2D eigenvalue weighted by atomic mass is 16.2. The average molecular weight is 403 g/mol. The number of benzene rings is 2. The van der Waals surface area contributed by atoms with E-state index in [0.717, 1.165) is 62.9 Å². The van der Waals surface area contributed by atoms with Gasteiger partial charge in [-0.1, -0.05) is 48.0 Å². The Morgan fingerprint density at radius 3 is 2.27 bits per heavy atom. The van der Waals surface area contributed by atoms with Gasteiger partial charge in [0.25, 0.3) is 5.91 Å². The molecule has 30 heavy (non-hydrogen) atoms. The zero-order chi connectivity index (χ0) is 20.7. The first-order chi connectivity index (χ1) is 14.5. The summed E-state index contributed by atoms with van der Waals surface area (Å²) in [5.74, 6) is 0.405. The second-order valence-corrected chi connectivity index (χ2v) is 9.52. The Bertz CT molecular complexity index is 925. The summed E-state index contributed by atoms with van der Waals surface area (Å²) in [5.41, 5.74) is 3.21. The second-order valence-electron chi connectivity index (χ2n) is 9.52. The SMILES string of the molecule is Cc1ccc(C(=O)N2CCC3(CC2)C[C@H](c2ccccc2)C(=O)N(C2CC2)C3)cc1. The van der Waals surface area contributed by atoms with Crippen LogP contribution in [0.1, 0.15) is 59.5 Å². The Morgan fingerprint density at radius 2 is 1.63 bits per heavy atom. The van der Waals surface area contributed by atoms with Gasteiger partial charge >= 0.3 is 0 Å². The first-order valence-electron chi connectivity index (χ1n) is 11.3. The summed E-state index contributed by atoms with van der Waals surface area (Å²) < 4.78 is 0. The van der Waals surface area contributed by atoms with Crippen LogP contribution in [-0.4, -0.2) is 47.3 Å². The van der Waals surface area contributed by atoms with Gasteiger partial charge in [0, 0.05) is 31.2 Å². The van der Waals surface area contributed by atoms with Gasteiger partial charge in [-0.3, -0.25) is 9.59 Å². The molecule has 1 aliphatic carbocycles. The summed E-state index contributed by atoms with van der Waals surface area (Å²) in [6, 6.07) is 18.6. The Labute approximate surface area is 178 Å². The van der Waals surface area contributed by atoms with Crippen LogP contribution in [0.4, 0.5) is 0 Å². The average Bonchev–Trinajstić information content (AvgIpc) is 3.62. The molecule has 1 atom stereocenters. The molecule has 2 aromatic rings. The van der Waals surface area contributed by atoms with Crippen molar-refractivity contribution >= 4 is 11.8 Å². The molecule has 2 heterocycles. The zero-order valence-electron chi connectivity index (χ0n) is 17.7. The number of carbonyl (C=O) groups is 2. The van der Waals surface area contributed by atoms with Crippen molar-refractivity contribution in [2.24, 2.45) is 5.41 Å². The maximum Gasteiger partial charge on any atom is 0.253 e. The fraction of sp³-hybridized carbons (Fsp3) is 0.462. The van der Waals surface area contributed by atoms with Gasteiger partial charge in [-0.25, -0.2) is 0 Å². The quantitative estimate of drug-likeness (QED) is 0.764. The highest BCUT2D eigenvalue weighted by molar-refractivity contribution is 5.94. The Hall–Kier alpha value is -2.62. The van der Waals surface area contributed by atoms with E-state index in [-0.39, 0.29) is 17.2 Å². The van der Waals surface area contributed by atoms with Crippen molar-refractivity contribution in [3.63, 3.8) is 0 Å². The third-order valence-electron chi connectivity index (χ3n) is 7.32. The van der Waals surface area contributed by atoms with Gasteiger partial charge in [0.1, 0.15) is 0 Å².